The average molecular weight is 263 g/mol. The second-order valence-corrected chi connectivity index (χ2v) is 8.87. The lowest BCUT2D eigenvalue weighted by atomic mass is 9.86. The topological polar surface area (TPSA) is 46.2 Å². The van der Waals surface area contributed by atoms with Crippen LogP contribution in [0.4, 0.5) is 0 Å². The molecule has 0 spiro atoms. The summed E-state index contributed by atoms with van der Waals surface area (Å²) in [5.74, 6) is 0.305. The summed E-state index contributed by atoms with van der Waals surface area (Å²) in [5, 5.41) is 3.11. The van der Waals surface area contributed by atoms with Crippen molar-refractivity contribution in [3.05, 3.63) is 0 Å². The highest BCUT2D eigenvalue weighted by Gasteiger charge is 2.23. The van der Waals surface area contributed by atoms with E-state index in [-0.39, 0.29) is 10.7 Å². The molecule has 3 nitrogen and oxygen atoms in total. The fourth-order valence-electron chi connectivity index (χ4n) is 1.48. The van der Waals surface area contributed by atoms with Crippen LogP contribution >= 0.6 is 0 Å². The van der Waals surface area contributed by atoms with Crippen molar-refractivity contribution in [2.24, 2.45) is 5.41 Å². The van der Waals surface area contributed by atoms with Crippen LogP contribution < -0.4 is 5.32 Å². The summed E-state index contributed by atoms with van der Waals surface area (Å²) in [6, 6.07) is 0.491. The molecule has 0 amide bonds. The molecule has 0 aliphatic carbocycles. The van der Waals surface area contributed by atoms with Gasteiger partial charge in [-0.2, -0.15) is 0 Å². The quantitative estimate of drug-likeness (QED) is 0.732. The normalized spacial score (nSPS) is 13.6. The number of hydrogen-bond acceptors (Lipinski definition) is 3. The van der Waals surface area contributed by atoms with Gasteiger partial charge in [0, 0.05) is 6.04 Å². The Morgan fingerprint density at radius 3 is 2.00 bits per heavy atom. The minimum atomic E-state index is -2.89. The number of hydrogen-bond donors (Lipinski definition) is 1. The molecule has 0 aromatic heterocycles. The monoisotopic (exact) mass is 263 g/mol. The van der Waals surface area contributed by atoms with Gasteiger partial charge in [-0.05, 0) is 38.6 Å². The molecule has 0 aromatic carbocycles. The van der Waals surface area contributed by atoms with Crippen molar-refractivity contribution in [3.63, 3.8) is 0 Å². The number of sulfone groups is 1. The maximum absolute atomic E-state index is 11.7. The molecule has 0 atom stereocenters. The van der Waals surface area contributed by atoms with E-state index in [1.165, 1.54) is 0 Å². The molecule has 0 aromatic rings. The van der Waals surface area contributed by atoms with E-state index in [1.54, 1.807) is 13.8 Å². The molecule has 104 valence electrons. The van der Waals surface area contributed by atoms with E-state index in [2.05, 4.69) is 33.0 Å². The fourth-order valence-corrected chi connectivity index (χ4v) is 2.79. The van der Waals surface area contributed by atoms with Gasteiger partial charge >= 0.3 is 0 Å². The summed E-state index contributed by atoms with van der Waals surface area (Å²) in [5.41, 5.74) is 0.0872. The lowest BCUT2D eigenvalue weighted by Gasteiger charge is -2.25. The Hall–Kier alpha value is -0.0900. The van der Waals surface area contributed by atoms with Gasteiger partial charge in [0.05, 0.1) is 11.0 Å². The lowest BCUT2D eigenvalue weighted by Crippen LogP contribution is -2.29. The maximum Gasteiger partial charge on any atom is 0.152 e. The van der Waals surface area contributed by atoms with Gasteiger partial charge < -0.3 is 5.32 Å². The first kappa shape index (κ1) is 16.9. The van der Waals surface area contributed by atoms with Gasteiger partial charge in [-0.25, -0.2) is 8.42 Å². The molecule has 4 heteroatoms. The van der Waals surface area contributed by atoms with Crippen molar-refractivity contribution in [1.82, 2.24) is 5.32 Å². The van der Waals surface area contributed by atoms with Gasteiger partial charge in [-0.15, -0.1) is 0 Å². The zero-order chi connectivity index (χ0) is 13.7. The van der Waals surface area contributed by atoms with Gasteiger partial charge in [0.15, 0.2) is 9.84 Å². The molecule has 1 N–H and O–H groups in total. The smallest absolute Gasteiger partial charge is 0.152 e. The Kier molecular flexibility index (Phi) is 6.70. The Balaban J connectivity index is 4.10. The highest BCUT2D eigenvalue weighted by Crippen LogP contribution is 2.25. The van der Waals surface area contributed by atoms with E-state index >= 15 is 0 Å². The molecule has 17 heavy (non-hydrogen) atoms. The fraction of sp³-hybridized carbons (Fsp3) is 1.00. The zero-order valence-corrected chi connectivity index (χ0v) is 13.0. The second kappa shape index (κ2) is 6.74. The molecule has 0 saturated heterocycles. The zero-order valence-electron chi connectivity index (χ0n) is 12.2. The highest BCUT2D eigenvalue weighted by atomic mass is 32.2. The third kappa shape index (κ3) is 7.77. The molecule has 0 heterocycles. The molecule has 0 aliphatic rings. The van der Waals surface area contributed by atoms with Crippen LogP contribution in [0.5, 0.6) is 0 Å². The van der Waals surface area contributed by atoms with Crippen molar-refractivity contribution in [2.45, 2.75) is 65.7 Å². The number of nitrogens with one attached hydrogen (secondary N) is 1. The van der Waals surface area contributed by atoms with E-state index in [9.17, 15) is 8.42 Å². The summed E-state index contributed by atoms with van der Waals surface area (Å²) < 4.78 is 23.5. The molecular weight excluding hydrogens is 234 g/mol. The van der Waals surface area contributed by atoms with Crippen molar-refractivity contribution in [3.8, 4) is 0 Å². The van der Waals surface area contributed by atoms with Crippen LogP contribution in [0.15, 0.2) is 0 Å². The SMILES string of the molecule is CC(C)NCCC(C)(C)CCS(=O)(=O)C(C)C. The summed E-state index contributed by atoms with van der Waals surface area (Å²) >= 11 is 0. The maximum atomic E-state index is 11.7. The molecule has 0 unspecified atom stereocenters. The lowest BCUT2D eigenvalue weighted by molar-refractivity contribution is 0.311. The van der Waals surface area contributed by atoms with E-state index in [0.29, 0.717) is 11.8 Å². The summed E-state index contributed by atoms with van der Waals surface area (Å²) in [6.45, 7) is 13.0. The first-order valence-electron chi connectivity index (χ1n) is 6.52. The van der Waals surface area contributed by atoms with Crippen molar-refractivity contribution >= 4 is 9.84 Å². The summed E-state index contributed by atoms with van der Waals surface area (Å²) in [4.78, 5) is 0. The average Bonchev–Trinajstić information content (AvgIpc) is 2.14. The van der Waals surface area contributed by atoms with E-state index in [0.717, 1.165) is 19.4 Å². The standard InChI is InChI=1S/C13H29NO2S/c1-11(2)14-9-7-13(5,6)8-10-17(15,16)12(3)4/h11-12,14H,7-10H2,1-6H3. The summed E-state index contributed by atoms with van der Waals surface area (Å²) in [7, 11) is -2.89. The van der Waals surface area contributed by atoms with Crippen LogP contribution in [0.3, 0.4) is 0 Å². The molecule has 0 aliphatic heterocycles. The Morgan fingerprint density at radius 2 is 1.59 bits per heavy atom. The number of rotatable bonds is 8. The predicted octanol–water partition coefficient (Wildman–Crippen LogP) is 2.61. The van der Waals surface area contributed by atoms with Crippen LogP contribution in [0.25, 0.3) is 0 Å². The van der Waals surface area contributed by atoms with Crippen LogP contribution in [-0.2, 0) is 9.84 Å². The van der Waals surface area contributed by atoms with E-state index < -0.39 is 9.84 Å². The van der Waals surface area contributed by atoms with Crippen LogP contribution in [-0.4, -0.2) is 32.0 Å². The van der Waals surface area contributed by atoms with E-state index in [4.69, 9.17) is 0 Å². The first-order valence-corrected chi connectivity index (χ1v) is 8.23. The van der Waals surface area contributed by atoms with Crippen LogP contribution in [0, 0.1) is 5.41 Å². The Morgan fingerprint density at radius 1 is 1.06 bits per heavy atom. The molecule has 0 radical (unpaired) electrons. The van der Waals surface area contributed by atoms with Gasteiger partial charge in [-0.3, -0.25) is 0 Å². The van der Waals surface area contributed by atoms with Crippen molar-refractivity contribution in [1.29, 1.82) is 0 Å². The Labute approximate surface area is 107 Å². The largest absolute Gasteiger partial charge is 0.315 e. The van der Waals surface area contributed by atoms with Crippen LogP contribution in [0.2, 0.25) is 0 Å². The van der Waals surface area contributed by atoms with Gasteiger partial charge in [0.1, 0.15) is 0 Å². The van der Waals surface area contributed by atoms with Gasteiger partial charge in [-0.1, -0.05) is 27.7 Å². The second-order valence-electron chi connectivity index (χ2n) is 6.19. The van der Waals surface area contributed by atoms with E-state index in [1.807, 2.05) is 0 Å². The minimum Gasteiger partial charge on any atom is -0.315 e. The third-order valence-corrected chi connectivity index (χ3v) is 5.35. The molecule has 0 fully saturated rings. The predicted molar refractivity (Wildman–Crippen MR) is 75.1 cm³/mol. The van der Waals surface area contributed by atoms with Crippen molar-refractivity contribution < 1.29 is 8.42 Å². The Bertz CT molecular complexity index is 305. The third-order valence-electron chi connectivity index (χ3n) is 3.14. The van der Waals surface area contributed by atoms with Gasteiger partial charge in [0.25, 0.3) is 0 Å². The molecule has 0 bridgehead atoms. The van der Waals surface area contributed by atoms with Crippen LogP contribution in [0.1, 0.15) is 54.4 Å². The molecule has 0 rings (SSSR count). The molecular formula is C13H29NO2S. The summed E-state index contributed by atoms with van der Waals surface area (Å²) in [6.07, 6.45) is 1.76. The van der Waals surface area contributed by atoms with Gasteiger partial charge in [0.2, 0.25) is 0 Å². The highest BCUT2D eigenvalue weighted by molar-refractivity contribution is 7.91. The molecule has 0 saturated carbocycles. The van der Waals surface area contributed by atoms with Crippen molar-refractivity contribution in [2.75, 3.05) is 12.3 Å². The first-order chi connectivity index (χ1) is 7.57. The minimum absolute atomic E-state index is 0.0872.